The molecule has 18 heavy (non-hydrogen) atoms. The standard InChI is InChI=1S/C15H23NO2/c1-4-11-5-8-14(15(9-11)17-3)18-13-7-6-12(10-13)16-2/h5,8-9,12-13,16H,4,6-7,10H2,1-3H3. The highest BCUT2D eigenvalue weighted by Gasteiger charge is 2.25. The Hall–Kier alpha value is -1.22. The Balaban J connectivity index is 2.05. The number of hydrogen-bond donors (Lipinski definition) is 1. The zero-order valence-electron chi connectivity index (χ0n) is 11.5. The number of aryl methyl sites for hydroxylation is 1. The highest BCUT2D eigenvalue weighted by atomic mass is 16.5. The Bertz CT molecular complexity index is 392. The smallest absolute Gasteiger partial charge is 0.161 e. The van der Waals surface area contributed by atoms with Crippen molar-refractivity contribution in [2.24, 2.45) is 0 Å². The maximum absolute atomic E-state index is 6.06. The number of rotatable bonds is 5. The van der Waals surface area contributed by atoms with E-state index >= 15 is 0 Å². The van der Waals surface area contributed by atoms with Crippen LogP contribution in [-0.2, 0) is 6.42 Å². The largest absolute Gasteiger partial charge is 0.493 e. The molecule has 1 aliphatic rings. The molecule has 1 aliphatic carbocycles. The number of hydrogen-bond acceptors (Lipinski definition) is 3. The Labute approximate surface area is 109 Å². The van der Waals surface area contributed by atoms with Crippen molar-refractivity contribution >= 4 is 0 Å². The molecule has 3 nitrogen and oxygen atoms in total. The summed E-state index contributed by atoms with van der Waals surface area (Å²) in [5, 5.41) is 3.32. The molecule has 100 valence electrons. The van der Waals surface area contributed by atoms with Crippen LogP contribution in [0.4, 0.5) is 0 Å². The summed E-state index contributed by atoms with van der Waals surface area (Å²) in [6.07, 6.45) is 4.71. The molecule has 3 heteroatoms. The Kier molecular flexibility index (Phi) is 4.48. The van der Waals surface area contributed by atoms with Gasteiger partial charge in [0.25, 0.3) is 0 Å². The molecule has 0 spiro atoms. The predicted octanol–water partition coefficient (Wildman–Crippen LogP) is 2.78. The number of nitrogens with one attached hydrogen (secondary N) is 1. The lowest BCUT2D eigenvalue weighted by atomic mass is 10.1. The number of methoxy groups -OCH3 is 1. The van der Waals surface area contributed by atoms with Crippen molar-refractivity contribution in [3.05, 3.63) is 23.8 Å². The molecule has 1 aromatic rings. The van der Waals surface area contributed by atoms with Crippen LogP contribution in [0.15, 0.2) is 18.2 Å². The van der Waals surface area contributed by atoms with Crippen LogP contribution in [0, 0.1) is 0 Å². The summed E-state index contributed by atoms with van der Waals surface area (Å²) in [6.45, 7) is 2.14. The molecule has 1 fully saturated rings. The number of ether oxygens (including phenoxy) is 2. The van der Waals surface area contributed by atoms with Crippen LogP contribution in [0.2, 0.25) is 0 Å². The monoisotopic (exact) mass is 249 g/mol. The van der Waals surface area contributed by atoms with Crippen molar-refractivity contribution in [3.63, 3.8) is 0 Å². The van der Waals surface area contributed by atoms with Crippen molar-refractivity contribution in [3.8, 4) is 11.5 Å². The lowest BCUT2D eigenvalue weighted by Gasteiger charge is -2.17. The second kappa shape index (κ2) is 6.10. The van der Waals surface area contributed by atoms with Gasteiger partial charge in [-0.3, -0.25) is 0 Å². The van der Waals surface area contributed by atoms with Crippen molar-refractivity contribution in [2.75, 3.05) is 14.2 Å². The molecule has 2 atom stereocenters. The molecule has 0 amide bonds. The topological polar surface area (TPSA) is 30.5 Å². The first-order chi connectivity index (χ1) is 8.76. The highest BCUT2D eigenvalue weighted by molar-refractivity contribution is 5.43. The zero-order valence-corrected chi connectivity index (χ0v) is 11.5. The van der Waals surface area contributed by atoms with Gasteiger partial charge in [-0.25, -0.2) is 0 Å². The Morgan fingerprint density at radius 1 is 1.28 bits per heavy atom. The normalized spacial score (nSPS) is 23.1. The SMILES string of the molecule is CCc1ccc(OC2CCC(NC)C2)c(OC)c1. The van der Waals surface area contributed by atoms with E-state index in [0.717, 1.165) is 30.8 Å². The summed E-state index contributed by atoms with van der Waals surface area (Å²) in [5.41, 5.74) is 1.28. The molecule has 0 aromatic heterocycles. The van der Waals surface area contributed by atoms with E-state index in [1.54, 1.807) is 7.11 Å². The average Bonchev–Trinajstić information content (AvgIpc) is 2.87. The molecule has 1 saturated carbocycles. The van der Waals surface area contributed by atoms with Gasteiger partial charge in [0.05, 0.1) is 7.11 Å². The molecule has 0 heterocycles. The van der Waals surface area contributed by atoms with Crippen LogP contribution in [0.5, 0.6) is 11.5 Å². The van der Waals surface area contributed by atoms with Crippen LogP contribution in [0.3, 0.4) is 0 Å². The Morgan fingerprint density at radius 2 is 2.11 bits per heavy atom. The lowest BCUT2D eigenvalue weighted by molar-refractivity contribution is 0.198. The molecule has 2 rings (SSSR count). The third-order valence-electron chi connectivity index (χ3n) is 3.72. The molecule has 2 unspecified atom stereocenters. The van der Waals surface area contributed by atoms with Gasteiger partial charge < -0.3 is 14.8 Å². The molecule has 0 saturated heterocycles. The van der Waals surface area contributed by atoms with Gasteiger partial charge in [0.2, 0.25) is 0 Å². The van der Waals surface area contributed by atoms with Crippen LogP contribution in [-0.4, -0.2) is 26.3 Å². The van der Waals surface area contributed by atoms with E-state index in [1.165, 1.54) is 12.0 Å². The minimum Gasteiger partial charge on any atom is -0.493 e. The van der Waals surface area contributed by atoms with Crippen molar-refractivity contribution in [2.45, 2.75) is 44.8 Å². The maximum atomic E-state index is 6.06. The average molecular weight is 249 g/mol. The summed E-state index contributed by atoms with van der Waals surface area (Å²) < 4.78 is 11.5. The second-order valence-corrected chi connectivity index (χ2v) is 4.88. The highest BCUT2D eigenvalue weighted by Crippen LogP contribution is 2.32. The van der Waals surface area contributed by atoms with Gasteiger partial charge in [0, 0.05) is 6.04 Å². The minimum atomic E-state index is 0.309. The fourth-order valence-electron chi connectivity index (χ4n) is 2.52. The van der Waals surface area contributed by atoms with E-state index in [-0.39, 0.29) is 0 Å². The van der Waals surface area contributed by atoms with Gasteiger partial charge in [0.1, 0.15) is 6.10 Å². The summed E-state index contributed by atoms with van der Waals surface area (Å²) in [7, 11) is 3.72. The summed E-state index contributed by atoms with van der Waals surface area (Å²) in [6, 6.07) is 6.81. The summed E-state index contributed by atoms with van der Waals surface area (Å²) in [5.74, 6) is 1.72. The van der Waals surface area contributed by atoms with E-state index in [4.69, 9.17) is 9.47 Å². The van der Waals surface area contributed by atoms with Gasteiger partial charge in [-0.05, 0) is 50.4 Å². The third kappa shape index (κ3) is 2.96. The quantitative estimate of drug-likeness (QED) is 0.870. The summed E-state index contributed by atoms with van der Waals surface area (Å²) in [4.78, 5) is 0. The van der Waals surface area contributed by atoms with Gasteiger partial charge in [-0.1, -0.05) is 13.0 Å². The van der Waals surface area contributed by atoms with Crippen LogP contribution in [0.25, 0.3) is 0 Å². The van der Waals surface area contributed by atoms with Gasteiger partial charge in [-0.2, -0.15) is 0 Å². The van der Waals surface area contributed by atoms with Crippen molar-refractivity contribution < 1.29 is 9.47 Å². The third-order valence-corrected chi connectivity index (χ3v) is 3.72. The van der Waals surface area contributed by atoms with E-state index in [1.807, 2.05) is 13.1 Å². The molecule has 1 aromatic carbocycles. The first-order valence-corrected chi connectivity index (χ1v) is 6.77. The van der Waals surface area contributed by atoms with Gasteiger partial charge in [-0.15, -0.1) is 0 Å². The molecule has 1 N–H and O–H groups in total. The zero-order chi connectivity index (χ0) is 13.0. The predicted molar refractivity (Wildman–Crippen MR) is 73.5 cm³/mol. The fraction of sp³-hybridized carbons (Fsp3) is 0.600. The maximum Gasteiger partial charge on any atom is 0.161 e. The van der Waals surface area contributed by atoms with Crippen LogP contribution >= 0.6 is 0 Å². The van der Waals surface area contributed by atoms with E-state index in [9.17, 15) is 0 Å². The molecule has 0 radical (unpaired) electrons. The molecular weight excluding hydrogens is 226 g/mol. The Morgan fingerprint density at radius 3 is 2.72 bits per heavy atom. The van der Waals surface area contributed by atoms with Crippen LogP contribution < -0.4 is 14.8 Å². The van der Waals surface area contributed by atoms with E-state index < -0.39 is 0 Å². The second-order valence-electron chi connectivity index (χ2n) is 4.88. The molecular formula is C15H23NO2. The van der Waals surface area contributed by atoms with Gasteiger partial charge in [0.15, 0.2) is 11.5 Å². The minimum absolute atomic E-state index is 0.309. The fourth-order valence-corrected chi connectivity index (χ4v) is 2.52. The molecule has 0 aliphatic heterocycles. The molecule has 0 bridgehead atoms. The lowest BCUT2D eigenvalue weighted by Crippen LogP contribution is -2.23. The first-order valence-electron chi connectivity index (χ1n) is 6.77. The number of benzene rings is 1. The van der Waals surface area contributed by atoms with Crippen LogP contribution in [0.1, 0.15) is 31.7 Å². The summed E-state index contributed by atoms with van der Waals surface area (Å²) >= 11 is 0. The van der Waals surface area contributed by atoms with Crippen molar-refractivity contribution in [1.82, 2.24) is 5.32 Å². The van der Waals surface area contributed by atoms with E-state index in [0.29, 0.717) is 12.1 Å². The van der Waals surface area contributed by atoms with Crippen molar-refractivity contribution in [1.29, 1.82) is 0 Å². The first kappa shape index (κ1) is 13.2. The van der Waals surface area contributed by atoms with Gasteiger partial charge >= 0.3 is 0 Å². The van der Waals surface area contributed by atoms with E-state index in [2.05, 4.69) is 24.4 Å².